The molecule has 0 aliphatic heterocycles. The molecule has 2 rings (SSSR count). The molecule has 0 aliphatic carbocycles. The van der Waals surface area contributed by atoms with Crippen molar-refractivity contribution in [3.05, 3.63) is 27.9 Å². The highest BCUT2D eigenvalue weighted by molar-refractivity contribution is 5.44. The molecule has 0 aromatic carbocycles. The Balaban J connectivity index is 2.92. The largest absolute Gasteiger partial charge is 0.290 e. The SMILES string of the molecule is CCc1n[nH]c(=O)c2cc(C)nn12. The first-order valence-corrected chi connectivity index (χ1v) is 4.16. The van der Waals surface area contributed by atoms with Crippen LogP contribution in [0.25, 0.3) is 5.52 Å². The number of nitrogens with zero attached hydrogens (tertiary/aromatic N) is 3. The lowest BCUT2D eigenvalue weighted by molar-refractivity contribution is 0.747. The van der Waals surface area contributed by atoms with Gasteiger partial charge in [0.05, 0.1) is 5.69 Å². The molecule has 13 heavy (non-hydrogen) atoms. The summed E-state index contributed by atoms with van der Waals surface area (Å²) in [5, 5.41) is 10.5. The van der Waals surface area contributed by atoms with E-state index in [1.165, 1.54) is 0 Å². The molecule has 0 amide bonds. The Hall–Kier alpha value is -1.65. The molecule has 0 bridgehead atoms. The van der Waals surface area contributed by atoms with Gasteiger partial charge in [0.15, 0.2) is 5.82 Å². The average Bonchev–Trinajstić information content (AvgIpc) is 2.48. The normalized spacial score (nSPS) is 10.9. The van der Waals surface area contributed by atoms with Crippen molar-refractivity contribution in [3.63, 3.8) is 0 Å². The number of nitrogens with one attached hydrogen (secondary N) is 1. The third kappa shape index (κ3) is 1.12. The molecular formula is C8H10N4O. The first-order valence-electron chi connectivity index (χ1n) is 4.16. The molecule has 0 atom stereocenters. The molecule has 5 heteroatoms. The molecule has 0 aliphatic rings. The monoisotopic (exact) mass is 178 g/mol. The number of hydrogen-bond donors (Lipinski definition) is 1. The Kier molecular flexibility index (Phi) is 1.65. The molecule has 0 unspecified atom stereocenters. The van der Waals surface area contributed by atoms with E-state index in [0.717, 1.165) is 17.9 Å². The van der Waals surface area contributed by atoms with Crippen molar-refractivity contribution in [3.8, 4) is 0 Å². The fraction of sp³-hybridized carbons (Fsp3) is 0.375. The van der Waals surface area contributed by atoms with Crippen LogP contribution in [-0.2, 0) is 6.42 Å². The second-order valence-electron chi connectivity index (χ2n) is 2.91. The Morgan fingerprint density at radius 1 is 1.62 bits per heavy atom. The molecule has 0 radical (unpaired) electrons. The van der Waals surface area contributed by atoms with Crippen molar-refractivity contribution in [1.82, 2.24) is 19.8 Å². The van der Waals surface area contributed by atoms with Gasteiger partial charge >= 0.3 is 0 Å². The van der Waals surface area contributed by atoms with Crippen molar-refractivity contribution in [2.75, 3.05) is 0 Å². The van der Waals surface area contributed by atoms with Crippen LogP contribution >= 0.6 is 0 Å². The maximum absolute atomic E-state index is 11.3. The summed E-state index contributed by atoms with van der Waals surface area (Å²) in [6.07, 6.45) is 0.744. The van der Waals surface area contributed by atoms with Gasteiger partial charge in [-0.2, -0.15) is 10.2 Å². The highest BCUT2D eigenvalue weighted by atomic mass is 16.1. The zero-order valence-corrected chi connectivity index (χ0v) is 7.53. The number of aromatic nitrogens is 4. The summed E-state index contributed by atoms with van der Waals surface area (Å²) < 4.78 is 1.59. The Morgan fingerprint density at radius 2 is 2.38 bits per heavy atom. The summed E-state index contributed by atoms with van der Waals surface area (Å²) in [5.41, 5.74) is 1.19. The zero-order chi connectivity index (χ0) is 9.42. The lowest BCUT2D eigenvalue weighted by Crippen LogP contribution is -2.15. The van der Waals surface area contributed by atoms with Crippen LogP contribution < -0.4 is 5.56 Å². The summed E-state index contributed by atoms with van der Waals surface area (Å²) >= 11 is 0. The van der Waals surface area contributed by atoms with E-state index in [0.29, 0.717) is 5.52 Å². The van der Waals surface area contributed by atoms with Crippen molar-refractivity contribution in [2.45, 2.75) is 20.3 Å². The van der Waals surface area contributed by atoms with Crippen molar-refractivity contribution >= 4 is 5.52 Å². The van der Waals surface area contributed by atoms with Gasteiger partial charge in [0.2, 0.25) is 0 Å². The highest BCUT2D eigenvalue weighted by Gasteiger charge is 2.06. The molecule has 1 N–H and O–H groups in total. The molecule has 2 aromatic heterocycles. The smallest absolute Gasteiger partial charge is 0.266 e. The van der Waals surface area contributed by atoms with E-state index in [9.17, 15) is 4.79 Å². The van der Waals surface area contributed by atoms with Crippen LogP contribution in [0.5, 0.6) is 0 Å². The first kappa shape index (κ1) is 7.97. The molecular weight excluding hydrogens is 168 g/mol. The van der Waals surface area contributed by atoms with Crippen molar-refractivity contribution in [1.29, 1.82) is 0 Å². The van der Waals surface area contributed by atoms with Gasteiger partial charge in [0.25, 0.3) is 5.56 Å². The topological polar surface area (TPSA) is 63.0 Å². The van der Waals surface area contributed by atoms with Gasteiger partial charge in [-0.1, -0.05) is 6.92 Å². The molecule has 0 spiro atoms. The molecule has 0 fully saturated rings. The summed E-state index contributed by atoms with van der Waals surface area (Å²) in [6, 6.07) is 1.75. The van der Waals surface area contributed by atoms with E-state index in [1.807, 2.05) is 13.8 Å². The van der Waals surface area contributed by atoms with Gasteiger partial charge in [0, 0.05) is 6.42 Å². The average molecular weight is 178 g/mol. The number of aromatic amines is 1. The van der Waals surface area contributed by atoms with Crippen LogP contribution in [0.2, 0.25) is 0 Å². The highest BCUT2D eigenvalue weighted by Crippen LogP contribution is 2.01. The maximum Gasteiger partial charge on any atom is 0.290 e. The fourth-order valence-electron chi connectivity index (χ4n) is 1.31. The van der Waals surface area contributed by atoms with Gasteiger partial charge in [-0.15, -0.1) is 0 Å². The second kappa shape index (κ2) is 2.69. The molecule has 0 saturated carbocycles. The van der Waals surface area contributed by atoms with Crippen molar-refractivity contribution < 1.29 is 0 Å². The summed E-state index contributed by atoms with van der Waals surface area (Å²) in [5.74, 6) is 0.766. The van der Waals surface area contributed by atoms with E-state index in [1.54, 1.807) is 10.6 Å². The van der Waals surface area contributed by atoms with Gasteiger partial charge in [-0.3, -0.25) is 4.79 Å². The maximum atomic E-state index is 11.3. The first-order chi connectivity index (χ1) is 6.22. The van der Waals surface area contributed by atoms with Crippen LogP contribution in [0.1, 0.15) is 18.4 Å². The molecule has 2 aromatic rings. The van der Waals surface area contributed by atoms with Crippen molar-refractivity contribution in [2.24, 2.45) is 0 Å². The standard InChI is InChI=1S/C8H10N4O/c1-3-7-9-10-8(13)6-4-5(2)11-12(6)7/h4H,3H2,1-2H3,(H,10,13). The van der Waals surface area contributed by atoms with E-state index in [-0.39, 0.29) is 5.56 Å². The van der Waals surface area contributed by atoms with Crippen LogP contribution in [-0.4, -0.2) is 19.8 Å². The predicted octanol–water partition coefficient (Wildman–Crippen LogP) is 0.288. The van der Waals surface area contributed by atoms with Gasteiger partial charge in [0.1, 0.15) is 5.52 Å². The molecule has 68 valence electrons. The number of aryl methyl sites for hydroxylation is 2. The minimum atomic E-state index is -0.196. The van der Waals surface area contributed by atoms with Crippen LogP contribution in [0.3, 0.4) is 0 Å². The lowest BCUT2D eigenvalue weighted by Gasteiger charge is -1.97. The summed E-state index contributed by atoms with van der Waals surface area (Å²) in [6.45, 7) is 3.82. The van der Waals surface area contributed by atoms with Crippen LogP contribution in [0.4, 0.5) is 0 Å². The quantitative estimate of drug-likeness (QED) is 0.682. The minimum Gasteiger partial charge on any atom is -0.266 e. The zero-order valence-electron chi connectivity index (χ0n) is 7.53. The molecule has 5 nitrogen and oxygen atoms in total. The number of rotatable bonds is 1. The summed E-state index contributed by atoms with van der Waals surface area (Å²) in [7, 11) is 0. The Morgan fingerprint density at radius 3 is 3.08 bits per heavy atom. The van der Waals surface area contributed by atoms with E-state index in [2.05, 4.69) is 15.3 Å². The third-order valence-corrected chi connectivity index (χ3v) is 1.91. The molecule has 2 heterocycles. The van der Waals surface area contributed by atoms with E-state index >= 15 is 0 Å². The molecule has 0 saturated heterocycles. The van der Waals surface area contributed by atoms with Gasteiger partial charge in [-0.25, -0.2) is 9.61 Å². The number of hydrogen-bond acceptors (Lipinski definition) is 3. The fourth-order valence-corrected chi connectivity index (χ4v) is 1.31. The van der Waals surface area contributed by atoms with Gasteiger partial charge < -0.3 is 0 Å². The number of fused-ring (bicyclic) bond motifs is 1. The lowest BCUT2D eigenvalue weighted by atomic mass is 10.4. The van der Waals surface area contributed by atoms with Crippen LogP contribution in [0, 0.1) is 6.92 Å². The summed E-state index contributed by atoms with van der Waals surface area (Å²) in [4.78, 5) is 11.3. The third-order valence-electron chi connectivity index (χ3n) is 1.91. The predicted molar refractivity (Wildman–Crippen MR) is 47.7 cm³/mol. The Labute approximate surface area is 74.4 Å². The van der Waals surface area contributed by atoms with Crippen LogP contribution in [0.15, 0.2) is 10.9 Å². The van der Waals surface area contributed by atoms with E-state index < -0.39 is 0 Å². The van der Waals surface area contributed by atoms with Gasteiger partial charge in [-0.05, 0) is 13.0 Å². The Bertz CT molecular complexity index is 496. The second-order valence-corrected chi connectivity index (χ2v) is 2.91. The van der Waals surface area contributed by atoms with E-state index in [4.69, 9.17) is 0 Å². The minimum absolute atomic E-state index is 0.196. The number of H-pyrrole nitrogens is 1.